The Labute approximate surface area is 83.8 Å². The van der Waals surface area contributed by atoms with Crippen molar-refractivity contribution in [2.45, 2.75) is 11.4 Å². The van der Waals surface area contributed by atoms with Crippen LogP contribution in [0, 0.1) is 5.82 Å². The number of alkyl halides is 1. The van der Waals surface area contributed by atoms with Crippen molar-refractivity contribution in [3.05, 3.63) is 30.1 Å². The fourth-order valence-corrected chi connectivity index (χ4v) is 0.944. The number of carbonyl (C=O) groups is 1. The van der Waals surface area contributed by atoms with E-state index in [1.54, 1.807) is 6.92 Å². The van der Waals surface area contributed by atoms with Crippen LogP contribution in [-0.2, 0) is 4.79 Å². The largest absolute Gasteiger partial charge is 0.469 e. The first kappa shape index (κ1) is 10.2. The van der Waals surface area contributed by atoms with Crippen molar-refractivity contribution in [3.63, 3.8) is 0 Å². The summed E-state index contributed by atoms with van der Waals surface area (Å²) in [6, 6.07) is 5.45. The third kappa shape index (κ3) is 3.14. The standard InChI is InChI=1S/C9H8BrFO2/c1-9(10,6-12)13-8-4-2-7(11)3-5-8/h2-6H,1H3. The normalized spacial score (nSPS) is 14.7. The van der Waals surface area contributed by atoms with Crippen LogP contribution in [-0.4, -0.2) is 10.8 Å². The molecule has 1 aromatic carbocycles. The van der Waals surface area contributed by atoms with Crippen molar-refractivity contribution < 1.29 is 13.9 Å². The fourth-order valence-electron chi connectivity index (χ4n) is 0.757. The zero-order valence-corrected chi connectivity index (χ0v) is 8.55. The van der Waals surface area contributed by atoms with E-state index in [1.807, 2.05) is 0 Å². The van der Waals surface area contributed by atoms with Gasteiger partial charge in [-0.2, -0.15) is 0 Å². The molecule has 0 heterocycles. The van der Waals surface area contributed by atoms with Crippen molar-refractivity contribution in [3.8, 4) is 5.75 Å². The average Bonchev–Trinajstić information content (AvgIpc) is 2.09. The maximum atomic E-state index is 12.5. The SMILES string of the molecule is CC(Br)(C=O)Oc1ccc(F)cc1. The molecule has 0 saturated carbocycles. The molecule has 2 nitrogen and oxygen atoms in total. The number of rotatable bonds is 3. The van der Waals surface area contributed by atoms with Crippen molar-refractivity contribution >= 4 is 22.2 Å². The van der Waals surface area contributed by atoms with Crippen molar-refractivity contribution in [2.75, 3.05) is 0 Å². The van der Waals surface area contributed by atoms with Gasteiger partial charge < -0.3 is 4.74 Å². The number of carbonyl (C=O) groups excluding carboxylic acids is 1. The van der Waals surface area contributed by atoms with Gasteiger partial charge in [-0.1, -0.05) is 0 Å². The maximum Gasteiger partial charge on any atom is 0.215 e. The summed E-state index contributed by atoms with van der Waals surface area (Å²) < 4.78 is 16.6. The zero-order valence-electron chi connectivity index (χ0n) is 6.96. The Hall–Kier alpha value is -0.900. The molecule has 0 N–H and O–H groups in total. The van der Waals surface area contributed by atoms with Crippen molar-refractivity contribution in [1.29, 1.82) is 0 Å². The van der Waals surface area contributed by atoms with E-state index in [9.17, 15) is 9.18 Å². The lowest BCUT2D eigenvalue weighted by atomic mass is 10.3. The fraction of sp³-hybridized carbons (Fsp3) is 0.222. The van der Waals surface area contributed by atoms with Gasteiger partial charge in [-0.05, 0) is 47.1 Å². The molecule has 0 saturated heterocycles. The molecule has 1 rings (SSSR count). The van der Waals surface area contributed by atoms with Gasteiger partial charge in [0.1, 0.15) is 11.6 Å². The smallest absolute Gasteiger partial charge is 0.215 e. The molecule has 4 heteroatoms. The minimum absolute atomic E-state index is 0.338. The Balaban J connectivity index is 2.75. The minimum Gasteiger partial charge on any atom is -0.469 e. The molecule has 1 aromatic rings. The van der Waals surface area contributed by atoms with Crippen LogP contribution in [0.25, 0.3) is 0 Å². The van der Waals surface area contributed by atoms with Crippen LogP contribution in [0.5, 0.6) is 5.75 Å². The van der Waals surface area contributed by atoms with Gasteiger partial charge in [0.15, 0.2) is 6.29 Å². The lowest BCUT2D eigenvalue weighted by molar-refractivity contribution is -0.114. The molecule has 1 unspecified atom stereocenters. The van der Waals surface area contributed by atoms with E-state index in [0.29, 0.717) is 12.0 Å². The zero-order chi connectivity index (χ0) is 9.90. The Morgan fingerprint density at radius 1 is 1.46 bits per heavy atom. The lowest BCUT2D eigenvalue weighted by Gasteiger charge is -2.17. The Morgan fingerprint density at radius 2 is 2.00 bits per heavy atom. The molecule has 0 radical (unpaired) electrons. The van der Waals surface area contributed by atoms with Crippen LogP contribution >= 0.6 is 15.9 Å². The molecule has 0 aliphatic rings. The first-order valence-corrected chi connectivity index (χ1v) is 4.42. The molecule has 0 spiro atoms. The van der Waals surface area contributed by atoms with Gasteiger partial charge in [0.05, 0.1) is 0 Å². The molecule has 70 valence electrons. The Kier molecular flexibility index (Phi) is 3.03. The van der Waals surface area contributed by atoms with Gasteiger partial charge in [-0.3, -0.25) is 4.79 Å². The highest BCUT2D eigenvalue weighted by molar-refractivity contribution is 9.10. The second kappa shape index (κ2) is 3.87. The van der Waals surface area contributed by atoms with Gasteiger partial charge in [-0.25, -0.2) is 4.39 Å². The number of halogens is 2. The topological polar surface area (TPSA) is 26.3 Å². The quantitative estimate of drug-likeness (QED) is 0.606. The second-order valence-electron chi connectivity index (χ2n) is 2.66. The predicted molar refractivity (Wildman–Crippen MR) is 50.4 cm³/mol. The number of ether oxygens (including phenoxy) is 1. The van der Waals surface area contributed by atoms with E-state index < -0.39 is 4.51 Å². The van der Waals surface area contributed by atoms with Crippen LogP contribution in [0.4, 0.5) is 4.39 Å². The number of hydrogen-bond acceptors (Lipinski definition) is 2. The maximum absolute atomic E-state index is 12.5. The third-order valence-corrected chi connectivity index (χ3v) is 1.69. The van der Waals surface area contributed by atoms with Crippen LogP contribution < -0.4 is 4.74 Å². The molecule has 0 fully saturated rings. The highest BCUT2D eigenvalue weighted by Gasteiger charge is 2.20. The molecular weight excluding hydrogens is 239 g/mol. The summed E-state index contributed by atoms with van der Waals surface area (Å²) in [7, 11) is 0. The van der Waals surface area contributed by atoms with E-state index in [2.05, 4.69) is 15.9 Å². The van der Waals surface area contributed by atoms with E-state index in [0.717, 1.165) is 0 Å². The Bertz CT molecular complexity index is 295. The third-order valence-electron chi connectivity index (χ3n) is 1.34. The van der Waals surface area contributed by atoms with Gasteiger partial charge in [0.2, 0.25) is 4.51 Å². The molecule has 0 bridgehead atoms. The number of hydrogen-bond donors (Lipinski definition) is 0. The molecule has 0 aliphatic carbocycles. The summed E-state index contributed by atoms with van der Waals surface area (Å²) in [6.07, 6.45) is 0.621. The highest BCUT2D eigenvalue weighted by Crippen LogP contribution is 2.21. The van der Waals surface area contributed by atoms with E-state index in [-0.39, 0.29) is 5.82 Å². The Morgan fingerprint density at radius 3 is 2.46 bits per heavy atom. The summed E-state index contributed by atoms with van der Waals surface area (Å²) >= 11 is 3.05. The lowest BCUT2D eigenvalue weighted by Crippen LogP contribution is -2.25. The molecule has 1 atom stereocenters. The van der Waals surface area contributed by atoms with Crippen LogP contribution in [0.2, 0.25) is 0 Å². The first-order valence-electron chi connectivity index (χ1n) is 3.63. The summed E-state index contributed by atoms with van der Waals surface area (Å²) in [5.41, 5.74) is 0. The summed E-state index contributed by atoms with van der Waals surface area (Å²) in [5.74, 6) is 0.0996. The first-order chi connectivity index (χ1) is 6.03. The van der Waals surface area contributed by atoms with E-state index in [4.69, 9.17) is 4.74 Å². The summed E-state index contributed by atoms with van der Waals surface area (Å²) in [4.78, 5) is 10.5. The van der Waals surface area contributed by atoms with Crippen molar-refractivity contribution in [2.24, 2.45) is 0 Å². The monoisotopic (exact) mass is 246 g/mol. The van der Waals surface area contributed by atoms with Gasteiger partial charge in [-0.15, -0.1) is 0 Å². The molecular formula is C9H8BrFO2. The molecule has 0 aliphatic heterocycles. The van der Waals surface area contributed by atoms with Crippen LogP contribution in [0.1, 0.15) is 6.92 Å². The minimum atomic E-state index is -1.05. The van der Waals surface area contributed by atoms with Crippen LogP contribution in [0.15, 0.2) is 24.3 Å². The van der Waals surface area contributed by atoms with Gasteiger partial charge in [0, 0.05) is 0 Å². The molecule has 0 aromatic heterocycles. The number of benzene rings is 1. The molecule has 0 amide bonds. The van der Waals surface area contributed by atoms with Crippen LogP contribution in [0.3, 0.4) is 0 Å². The van der Waals surface area contributed by atoms with Gasteiger partial charge >= 0.3 is 0 Å². The average molecular weight is 247 g/mol. The second-order valence-corrected chi connectivity index (χ2v) is 4.23. The summed E-state index contributed by atoms with van der Waals surface area (Å²) in [5, 5.41) is 0. The van der Waals surface area contributed by atoms with Gasteiger partial charge in [0.25, 0.3) is 0 Å². The highest BCUT2D eigenvalue weighted by atomic mass is 79.9. The van der Waals surface area contributed by atoms with Crippen molar-refractivity contribution in [1.82, 2.24) is 0 Å². The van der Waals surface area contributed by atoms with E-state index in [1.165, 1.54) is 24.3 Å². The predicted octanol–water partition coefficient (Wildman–Crippen LogP) is 2.51. The molecule has 13 heavy (non-hydrogen) atoms. The van der Waals surface area contributed by atoms with E-state index >= 15 is 0 Å². The number of aldehydes is 1. The summed E-state index contributed by atoms with van der Waals surface area (Å²) in [6.45, 7) is 1.56.